The van der Waals surface area contributed by atoms with E-state index in [9.17, 15) is 5.11 Å². The van der Waals surface area contributed by atoms with Crippen LogP contribution in [0.4, 0.5) is 0 Å². The van der Waals surface area contributed by atoms with Crippen molar-refractivity contribution >= 4 is 0 Å². The van der Waals surface area contributed by atoms with Crippen LogP contribution >= 0.6 is 0 Å². The summed E-state index contributed by atoms with van der Waals surface area (Å²) >= 11 is 0. The molecule has 0 saturated heterocycles. The zero-order valence-electron chi connectivity index (χ0n) is 12.6. The van der Waals surface area contributed by atoms with Gasteiger partial charge in [-0.2, -0.15) is 0 Å². The monoisotopic (exact) mass is 298 g/mol. The van der Waals surface area contributed by atoms with Crippen LogP contribution in [0.15, 0.2) is 60.7 Å². The van der Waals surface area contributed by atoms with Gasteiger partial charge in [-0.3, -0.25) is 0 Å². The standard InChI is InChI=1S/C19H22O3/c20-18-11-17(21-13-15-7-3-1-4-8-15)12-19(18)22-14-16-9-5-2-6-10-16/h1-10,17-20H,11-14H2. The van der Waals surface area contributed by atoms with Crippen molar-refractivity contribution in [1.82, 2.24) is 0 Å². The van der Waals surface area contributed by atoms with Crippen LogP contribution in [0.1, 0.15) is 24.0 Å². The molecule has 22 heavy (non-hydrogen) atoms. The zero-order valence-corrected chi connectivity index (χ0v) is 12.6. The van der Waals surface area contributed by atoms with Gasteiger partial charge in [0.2, 0.25) is 0 Å². The van der Waals surface area contributed by atoms with Crippen molar-refractivity contribution in [3.63, 3.8) is 0 Å². The van der Waals surface area contributed by atoms with Crippen molar-refractivity contribution in [1.29, 1.82) is 0 Å². The molecule has 0 amide bonds. The van der Waals surface area contributed by atoms with Crippen molar-refractivity contribution in [3.8, 4) is 0 Å². The van der Waals surface area contributed by atoms with Gasteiger partial charge in [0.15, 0.2) is 0 Å². The highest BCUT2D eigenvalue weighted by atomic mass is 16.5. The smallest absolute Gasteiger partial charge is 0.0864 e. The van der Waals surface area contributed by atoms with E-state index in [1.54, 1.807) is 0 Å². The molecule has 0 aromatic heterocycles. The van der Waals surface area contributed by atoms with E-state index in [4.69, 9.17) is 9.47 Å². The van der Waals surface area contributed by atoms with E-state index in [0.29, 0.717) is 19.6 Å². The minimum Gasteiger partial charge on any atom is -0.390 e. The Labute approximate surface area is 131 Å². The van der Waals surface area contributed by atoms with E-state index < -0.39 is 6.10 Å². The van der Waals surface area contributed by atoms with Crippen LogP contribution in [0.2, 0.25) is 0 Å². The van der Waals surface area contributed by atoms with E-state index >= 15 is 0 Å². The Kier molecular flexibility index (Phi) is 5.22. The van der Waals surface area contributed by atoms with Crippen LogP contribution in [0, 0.1) is 0 Å². The van der Waals surface area contributed by atoms with E-state index in [2.05, 4.69) is 12.1 Å². The van der Waals surface area contributed by atoms with Gasteiger partial charge in [-0.05, 0) is 11.1 Å². The number of benzene rings is 2. The normalized spacial score (nSPS) is 24.5. The molecule has 3 atom stereocenters. The van der Waals surface area contributed by atoms with Gasteiger partial charge >= 0.3 is 0 Å². The summed E-state index contributed by atoms with van der Waals surface area (Å²) in [5.74, 6) is 0. The molecular formula is C19H22O3. The van der Waals surface area contributed by atoms with Gasteiger partial charge in [-0.1, -0.05) is 60.7 Å². The number of ether oxygens (including phenoxy) is 2. The predicted molar refractivity (Wildman–Crippen MR) is 85.3 cm³/mol. The Morgan fingerprint density at radius 3 is 1.91 bits per heavy atom. The topological polar surface area (TPSA) is 38.7 Å². The summed E-state index contributed by atoms with van der Waals surface area (Å²) in [6.45, 7) is 1.12. The Hall–Kier alpha value is -1.68. The second-order valence-corrected chi connectivity index (χ2v) is 5.79. The van der Waals surface area contributed by atoms with Gasteiger partial charge in [0.05, 0.1) is 31.5 Å². The molecule has 3 heteroatoms. The van der Waals surface area contributed by atoms with Gasteiger partial charge in [0.25, 0.3) is 0 Å². The van der Waals surface area contributed by atoms with Crippen molar-refractivity contribution in [2.24, 2.45) is 0 Å². The first-order valence-corrected chi connectivity index (χ1v) is 7.80. The Balaban J connectivity index is 1.45. The van der Waals surface area contributed by atoms with Crippen molar-refractivity contribution in [2.45, 2.75) is 44.4 Å². The fraction of sp³-hybridized carbons (Fsp3) is 0.368. The van der Waals surface area contributed by atoms with Crippen molar-refractivity contribution < 1.29 is 14.6 Å². The summed E-state index contributed by atoms with van der Waals surface area (Å²) < 4.78 is 11.8. The van der Waals surface area contributed by atoms with Crippen molar-refractivity contribution in [3.05, 3.63) is 71.8 Å². The first-order chi connectivity index (χ1) is 10.8. The first-order valence-electron chi connectivity index (χ1n) is 7.80. The highest BCUT2D eigenvalue weighted by Gasteiger charge is 2.34. The molecule has 0 radical (unpaired) electrons. The third-order valence-corrected chi connectivity index (χ3v) is 4.06. The Morgan fingerprint density at radius 2 is 1.32 bits per heavy atom. The molecule has 0 aliphatic heterocycles. The summed E-state index contributed by atoms with van der Waals surface area (Å²) in [7, 11) is 0. The maximum atomic E-state index is 10.1. The van der Waals surface area contributed by atoms with Crippen LogP contribution in [-0.2, 0) is 22.7 Å². The highest BCUT2D eigenvalue weighted by Crippen LogP contribution is 2.27. The molecule has 2 aromatic carbocycles. The molecule has 2 aromatic rings. The zero-order chi connectivity index (χ0) is 15.2. The second kappa shape index (κ2) is 7.54. The lowest BCUT2D eigenvalue weighted by atomic mass is 10.2. The minimum absolute atomic E-state index is 0.0657. The fourth-order valence-electron chi connectivity index (χ4n) is 2.81. The summed E-state index contributed by atoms with van der Waals surface area (Å²) in [6, 6.07) is 20.2. The molecule has 1 fully saturated rings. The highest BCUT2D eigenvalue weighted by molar-refractivity contribution is 5.14. The predicted octanol–water partition coefficient (Wildman–Crippen LogP) is 3.31. The number of hydrogen-bond acceptors (Lipinski definition) is 3. The molecule has 0 heterocycles. The summed E-state index contributed by atoms with van der Waals surface area (Å²) in [5, 5.41) is 10.1. The molecular weight excluding hydrogens is 276 g/mol. The lowest BCUT2D eigenvalue weighted by Crippen LogP contribution is -2.22. The average molecular weight is 298 g/mol. The lowest BCUT2D eigenvalue weighted by molar-refractivity contribution is -0.0290. The summed E-state index contributed by atoms with van der Waals surface area (Å²) in [5.41, 5.74) is 2.29. The SMILES string of the molecule is OC1CC(OCc2ccccc2)CC1OCc1ccccc1. The van der Waals surface area contributed by atoms with Crippen LogP contribution in [0.5, 0.6) is 0 Å². The van der Waals surface area contributed by atoms with E-state index in [1.807, 2.05) is 48.5 Å². The minimum atomic E-state index is -0.440. The van der Waals surface area contributed by atoms with E-state index in [1.165, 1.54) is 0 Å². The molecule has 0 bridgehead atoms. The average Bonchev–Trinajstić information content (AvgIpc) is 2.93. The molecule has 1 aliphatic carbocycles. The summed E-state index contributed by atoms with van der Waals surface area (Å²) in [4.78, 5) is 0. The molecule has 3 rings (SSSR count). The largest absolute Gasteiger partial charge is 0.390 e. The van der Waals surface area contributed by atoms with Crippen LogP contribution < -0.4 is 0 Å². The number of rotatable bonds is 6. The van der Waals surface area contributed by atoms with E-state index in [-0.39, 0.29) is 12.2 Å². The second-order valence-electron chi connectivity index (χ2n) is 5.79. The van der Waals surface area contributed by atoms with Crippen molar-refractivity contribution in [2.75, 3.05) is 0 Å². The fourth-order valence-corrected chi connectivity index (χ4v) is 2.81. The first kappa shape index (κ1) is 15.2. The van der Waals surface area contributed by atoms with Gasteiger partial charge in [-0.15, -0.1) is 0 Å². The Bertz CT molecular complexity index is 555. The molecule has 1 aliphatic rings. The van der Waals surface area contributed by atoms with Gasteiger partial charge < -0.3 is 14.6 Å². The summed E-state index contributed by atoms with van der Waals surface area (Å²) in [6.07, 6.45) is 0.883. The number of aliphatic hydroxyl groups is 1. The quantitative estimate of drug-likeness (QED) is 0.889. The van der Waals surface area contributed by atoms with E-state index in [0.717, 1.165) is 17.5 Å². The van der Waals surface area contributed by atoms with Gasteiger partial charge in [-0.25, -0.2) is 0 Å². The third-order valence-electron chi connectivity index (χ3n) is 4.06. The third kappa shape index (κ3) is 4.17. The van der Waals surface area contributed by atoms with Crippen LogP contribution in [-0.4, -0.2) is 23.4 Å². The van der Waals surface area contributed by atoms with Gasteiger partial charge in [0, 0.05) is 12.8 Å². The molecule has 3 unspecified atom stereocenters. The molecule has 3 nitrogen and oxygen atoms in total. The van der Waals surface area contributed by atoms with Crippen LogP contribution in [0.25, 0.3) is 0 Å². The number of aliphatic hydroxyl groups excluding tert-OH is 1. The molecule has 0 spiro atoms. The Morgan fingerprint density at radius 1 is 0.773 bits per heavy atom. The van der Waals surface area contributed by atoms with Gasteiger partial charge in [0.1, 0.15) is 0 Å². The number of hydrogen-bond donors (Lipinski definition) is 1. The molecule has 1 N–H and O–H groups in total. The van der Waals surface area contributed by atoms with Crippen LogP contribution in [0.3, 0.4) is 0 Å². The lowest BCUT2D eigenvalue weighted by Gasteiger charge is -2.15. The maximum absolute atomic E-state index is 10.1. The maximum Gasteiger partial charge on any atom is 0.0864 e. The molecule has 116 valence electrons. The molecule has 1 saturated carbocycles.